The Morgan fingerprint density at radius 1 is 1.42 bits per heavy atom. The molecule has 2 rings (SSSR count). The van der Waals surface area contributed by atoms with E-state index in [9.17, 15) is 4.79 Å². The SMILES string of the molecule is C[C@H](CC#CC(C)(C)O[Si](C)(C)C)C1=CC[C@H]2C(=O)CCC[C@]12C. The molecular formula is C21H34O2Si. The quantitative estimate of drug-likeness (QED) is 0.389. The summed E-state index contributed by atoms with van der Waals surface area (Å²) in [5.41, 5.74) is 1.18. The fraction of sp³-hybridized carbons (Fsp3) is 0.762. The predicted octanol–water partition coefficient (Wildman–Crippen LogP) is 5.35. The fourth-order valence-electron chi connectivity index (χ4n) is 4.63. The van der Waals surface area contributed by atoms with Crippen LogP contribution in [-0.2, 0) is 9.22 Å². The molecule has 0 aromatic carbocycles. The minimum absolute atomic E-state index is 0.0841. The molecule has 1 saturated carbocycles. The lowest BCUT2D eigenvalue weighted by Crippen LogP contribution is -2.37. The Balaban J connectivity index is 2.03. The summed E-state index contributed by atoms with van der Waals surface area (Å²) in [6, 6.07) is 0. The highest BCUT2D eigenvalue weighted by Gasteiger charge is 2.47. The molecule has 0 amide bonds. The van der Waals surface area contributed by atoms with Gasteiger partial charge in [-0.3, -0.25) is 4.79 Å². The summed E-state index contributed by atoms with van der Waals surface area (Å²) in [6.45, 7) is 15.3. The van der Waals surface area contributed by atoms with Gasteiger partial charge in [-0.1, -0.05) is 37.3 Å². The molecule has 3 heteroatoms. The van der Waals surface area contributed by atoms with E-state index < -0.39 is 8.32 Å². The van der Waals surface area contributed by atoms with Crippen LogP contribution in [0.3, 0.4) is 0 Å². The Morgan fingerprint density at radius 2 is 2.08 bits per heavy atom. The van der Waals surface area contributed by atoms with Crippen molar-refractivity contribution in [1.29, 1.82) is 0 Å². The van der Waals surface area contributed by atoms with Crippen LogP contribution in [0, 0.1) is 29.1 Å². The molecular weight excluding hydrogens is 312 g/mol. The van der Waals surface area contributed by atoms with Gasteiger partial charge in [-0.05, 0) is 64.1 Å². The van der Waals surface area contributed by atoms with Gasteiger partial charge in [0.1, 0.15) is 11.4 Å². The van der Waals surface area contributed by atoms with Gasteiger partial charge in [0.15, 0.2) is 8.32 Å². The van der Waals surface area contributed by atoms with Gasteiger partial charge in [0.25, 0.3) is 0 Å². The highest BCUT2D eigenvalue weighted by Crippen LogP contribution is 2.53. The van der Waals surface area contributed by atoms with Crippen LogP contribution in [-0.4, -0.2) is 19.7 Å². The summed E-state index contributed by atoms with van der Waals surface area (Å²) in [5, 5.41) is 0. The standard InChI is InChI=1S/C21H34O2Si/c1-16(10-8-14-20(2,3)23-24(5,6)7)17-12-13-18-19(22)11-9-15-21(17,18)4/h12,16,18H,9-11,13,15H2,1-7H3/t16-,18+,21-/m1/s1. The first kappa shape index (κ1) is 19.5. The van der Waals surface area contributed by atoms with Crippen LogP contribution in [0.25, 0.3) is 0 Å². The number of Topliss-reactive ketones (excluding diaryl/α,β-unsaturated/α-hetero) is 1. The van der Waals surface area contributed by atoms with Crippen molar-refractivity contribution in [3.63, 3.8) is 0 Å². The van der Waals surface area contributed by atoms with E-state index >= 15 is 0 Å². The van der Waals surface area contributed by atoms with Gasteiger partial charge in [-0.25, -0.2) is 0 Å². The molecule has 2 aliphatic carbocycles. The van der Waals surface area contributed by atoms with Gasteiger partial charge >= 0.3 is 0 Å². The molecule has 0 spiro atoms. The van der Waals surface area contributed by atoms with Crippen LogP contribution in [0.15, 0.2) is 11.6 Å². The second kappa shape index (κ2) is 6.81. The second-order valence-corrected chi connectivity index (χ2v) is 13.7. The van der Waals surface area contributed by atoms with E-state index in [1.54, 1.807) is 0 Å². The fourth-order valence-corrected chi connectivity index (χ4v) is 6.21. The first-order valence-corrected chi connectivity index (χ1v) is 12.8. The Morgan fingerprint density at radius 3 is 2.71 bits per heavy atom. The van der Waals surface area contributed by atoms with Crippen molar-refractivity contribution in [2.45, 2.75) is 85.0 Å². The van der Waals surface area contributed by atoms with Crippen molar-refractivity contribution in [3.8, 4) is 11.8 Å². The normalized spacial score (nSPS) is 28.7. The van der Waals surface area contributed by atoms with Crippen LogP contribution in [0.4, 0.5) is 0 Å². The topological polar surface area (TPSA) is 26.3 Å². The maximum atomic E-state index is 12.3. The van der Waals surface area contributed by atoms with Gasteiger partial charge < -0.3 is 4.43 Å². The minimum Gasteiger partial charge on any atom is -0.402 e. The number of carbonyl (C=O) groups is 1. The van der Waals surface area contributed by atoms with Crippen LogP contribution in [0.2, 0.25) is 19.6 Å². The molecule has 134 valence electrons. The third-order valence-corrected chi connectivity index (χ3v) is 6.52. The molecule has 0 N–H and O–H groups in total. The molecule has 0 bridgehead atoms. The third kappa shape index (κ3) is 4.40. The summed E-state index contributed by atoms with van der Waals surface area (Å²) < 4.78 is 6.16. The highest BCUT2D eigenvalue weighted by atomic mass is 28.4. The van der Waals surface area contributed by atoms with E-state index in [0.29, 0.717) is 11.7 Å². The minimum atomic E-state index is -1.59. The van der Waals surface area contributed by atoms with E-state index in [1.807, 2.05) is 0 Å². The smallest absolute Gasteiger partial charge is 0.185 e. The summed E-state index contributed by atoms with van der Waals surface area (Å²) in [6.07, 6.45) is 7.09. The van der Waals surface area contributed by atoms with Gasteiger partial charge in [0.05, 0.1) is 0 Å². The highest BCUT2D eigenvalue weighted by molar-refractivity contribution is 6.69. The maximum absolute atomic E-state index is 12.3. The molecule has 0 heterocycles. The number of hydrogen-bond acceptors (Lipinski definition) is 2. The molecule has 2 aliphatic rings. The third-order valence-electron chi connectivity index (χ3n) is 5.40. The summed E-state index contributed by atoms with van der Waals surface area (Å²) in [7, 11) is -1.59. The molecule has 0 unspecified atom stereocenters. The van der Waals surface area contributed by atoms with Crippen LogP contribution >= 0.6 is 0 Å². The van der Waals surface area contributed by atoms with Crippen LogP contribution in [0.5, 0.6) is 0 Å². The number of carbonyl (C=O) groups excluding carboxylic acids is 1. The number of ketones is 1. The van der Waals surface area contributed by atoms with Crippen molar-refractivity contribution in [3.05, 3.63) is 11.6 Å². The first-order chi connectivity index (χ1) is 10.9. The summed E-state index contributed by atoms with van der Waals surface area (Å²) in [5.74, 6) is 7.82. The molecule has 0 radical (unpaired) electrons. The molecule has 2 nitrogen and oxygen atoms in total. The zero-order valence-electron chi connectivity index (χ0n) is 16.6. The number of hydrogen-bond donors (Lipinski definition) is 0. The van der Waals surface area contributed by atoms with E-state index in [4.69, 9.17) is 4.43 Å². The van der Waals surface area contributed by atoms with Crippen LogP contribution < -0.4 is 0 Å². The zero-order chi connectivity index (χ0) is 18.2. The molecule has 0 aliphatic heterocycles. The zero-order valence-corrected chi connectivity index (χ0v) is 17.6. The molecule has 0 aromatic rings. The number of fused-ring (bicyclic) bond motifs is 1. The average molecular weight is 347 g/mol. The van der Waals surface area contributed by atoms with Crippen molar-refractivity contribution in [2.75, 3.05) is 0 Å². The van der Waals surface area contributed by atoms with Gasteiger partial charge in [0.2, 0.25) is 0 Å². The van der Waals surface area contributed by atoms with E-state index in [-0.39, 0.29) is 16.9 Å². The monoisotopic (exact) mass is 346 g/mol. The lowest BCUT2D eigenvalue weighted by Gasteiger charge is -2.39. The molecule has 1 fully saturated rings. The Bertz CT molecular complexity index is 585. The summed E-state index contributed by atoms with van der Waals surface area (Å²) >= 11 is 0. The molecule has 24 heavy (non-hydrogen) atoms. The Labute approximate surface area is 149 Å². The number of allylic oxidation sites excluding steroid dienone is 2. The van der Waals surface area contributed by atoms with E-state index in [1.165, 1.54) is 5.57 Å². The molecule has 0 saturated heterocycles. The lowest BCUT2D eigenvalue weighted by molar-refractivity contribution is -0.128. The van der Waals surface area contributed by atoms with Gasteiger partial charge in [-0.2, -0.15) is 0 Å². The van der Waals surface area contributed by atoms with Gasteiger partial charge in [-0.15, -0.1) is 0 Å². The van der Waals surface area contributed by atoms with Gasteiger partial charge in [0, 0.05) is 18.8 Å². The van der Waals surface area contributed by atoms with Crippen molar-refractivity contribution < 1.29 is 9.22 Å². The summed E-state index contributed by atoms with van der Waals surface area (Å²) in [4.78, 5) is 12.3. The molecule has 0 aromatic heterocycles. The van der Waals surface area contributed by atoms with Crippen molar-refractivity contribution >= 4 is 14.1 Å². The Kier molecular flexibility index (Phi) is 5.52. The largest absolute Gasteiger partial charge is 0.402 e. The maximum Gasteiger partial charge on any atom is 0.185 e. The van der Waals surface area contributed by atoms with Crippen LogP contribution in [0.1, 0.15) is 59.8 Å². The van der Waals surface area contributed by atoms with Crippen molar-refractivity contribution in [2.24, 2.45) is 17.3 Å². The Hall–Kier alpha value is -0.853. The first-order valence-electron chi connectivity index (χ1n) is 9.38. The number of rotatable bonds is 4. The average Bonchev–Trinajstić information content (AvgIpc) is 2.74. The van der Waals surface area contributed by atoms with Crippen molar-refractivity contribution in [1.82, 2.24) is 0 Å². The second-order valence-electron chi connectivity index (χ2n) is 9.32. The molecule has 3 atom stereocenters. The van der Waals surface area contributed by atoms with E-state index in [2.05, 4.69) is 65.3 Å². The predicted molar refractivity (Wildman–Crippen MR) is 103 cm³/mol. The lowest BCUT2D eigenvalue weighted by atomic mass is 9.63. The van der Waals surface area contributed by atoms with E-state index in [0.717, 1.165) is 32.1 Å².